The molecule has 0 aliphatic carbocycles. The molecule has 5 heteroatoms. The Morgan fingerprint density at radius 2 is 1.90 bits per heavy atom. The first-order valence-corrected chi connectivity index (χ1v) is 8.84. The molecule has 0 spiro atoms. The second-order valence-corrected chi connectivity index (χ2v) is 7.89. The molecule has 112 valence electrons. The number of hydrogen-bond acceptors (Lipinski definition) is 4. The second-order valence-electron chi connectivity index (χ2n) is 5.66. The Hall–Kier alpha value is -1.59. The van der Waals surface area contributed by atoms with E-state index in [4.69, 9.17) is 10.5 Å². The predicted octanol–water partition coefficient (Wildman–Crippen LogP) is 2.28. The van der Waals surface area contributed by atoms with Crippen LogP contribution in [-0.2, 0) is 9.84 Å². The van der Waals surface area contributed by atoms with Crippen molar-refractivity contribution in [2.75, 3.05) is 18.6 Å². The number of sulfone groups is 1. The fourth-order valence-electron chi connectivity index (χ4n) is 2.96. The summed E-state index contributed by atoms with van der Waals surface area (Å²) in [6.45, 7) is 0. The lowest BCUT2D eigenvalue weighted by Gasteiger charge is -2.18. The van der Waals surface area contributed by atoms with Gasteiger partial charge in [-0.3, -0.25) is 0 Å². The van der Waals surface area contributed by atoms with Crippen LogP contribution in [-0.4, -0.2) is 27.0 Å². The summed E-state index contributed by atoms with van der Waals surface area (Å²) in [5.41, 5.74) is 7.27. The highest BCUT2D eigenvalue weighted by atomic mass is 32.2. The average Bonchev–Trinajstić information content (AvgIpc) is 2.85. The van der Waals surface area contributed by atoms with Crippen molar-refractivity contribution < 1.29 is 13.2 Å². The lowest BCUT2D eigenvalue weighted by Crippen LogP contribution is -2.22. The number of rotatable bonds is 3. The molecule has 1 aliphatic heterocycles. The van der Waals surface area contributed by atoms with Gasteiger partial charge in [-0.15, -0.1) is 0 Å². The molecule has 1 fully saturated rings. The van der Waals surface area contributed by atoms with E-state index in [9.17, 15) is 8.42 Å². The lowest BCUT2D eigenvalue weighted by molar-refractivity contribution is 0.415. The van der Waals surface area contributed by atoms with E-state index in [0.717, 1.165) is 22.1 Å². The largest absolute Gasteiger partial charge is 0.497 e. The van der Waals surface area contributed by atoms with Crippen molar-refractivity contribution in [2.45, 2.75) is 12.5 Å². The molecule has 0 aromatic heterocycles. The minimum atomic E-state index is -2.90. The molecule has 1 aliphatic rings. The predicted molar refractivity (Wildman–Crippen MR) is 84.2 cm³/mol. The molecule has 1 saturated heterocycles. The van der Waals surface area contributed by atoms with Gasteiger partial charge in [0.05, 0.1) is 18.6 Å². The Morgan fingerprint density at radius 3 is 2.57 bits per heavy atom. The number of nitrogens with two attached hydrogens (primary N) is 1. The van der Waals surface area contributed by atoms with Crippen LogP contribution in [0.25, 0.3) is 10.8 Å². The number of fused-ring (bicyclic) bond motifs is 1. The Kier molecular flexibility index (Phi) is 3.63. The summed E-state index contributed by atoms with van der Waals surface area (Å²) in [5, 5.41) is 2.17. The summed E-state index contributed by atoms with van der Waals surface area (Å²) in [7, 11) is -1.25. The van der Waals surface area contributed by atoms with Gasteiger partial charge < -0.3 is 10.5 Å². The SMILES string of the molecule is COc1ccc2cc(C(N)C3CCS(=O)(=O)C3)ccc2c1. The summed E-state index contributed by atoms with van der Waals surface area (Å²) in [4.78, 5) is 0. The van der Waals surface area contributed by atoms with Gasteiger partial charge in [0.15, 0.2) is 9.84 Å². The molecule has 21 heavy (non-hydrogen) atoms. The van der Waals surface area contributed by atoms with Crippen molar-refractivity contribution in [1.29, 1.82) is 0 Å². The summed E-state index contributed by atoms with van der Waals surface area (Å²) in [6, 6.07) is 11.7. The van der Waals surface area contributed by atoms with Crippen molar-refractivity contribution in [3.63, 3.8) is 0 Å². The van der Waals surface area contributed by atoms with Crippen molar-refractivity contribution in [3.8, 4) is 5.75 Å². The van der Waals surface area contributed by atoms with Gasteiger partial charge in [-0.25, -0.2) is 8.42 Å². The lowest BCUT2D eigenvalue weighted by atomic mass is 9.92. The van der Waals surface area contributed by atoms with Crippen LogP contribution in [0.5, 0.6) is 5.75 Å². The quantitative estimate of drug-likeness (QED) is 0.944. The zero-order valence-corrected chi connectivity index (χ0v) is 12.8. The van der Waals surface area contributed by atoms with E-state index in [-0.39, 0.29) is 23.5 Å². The van der Waals surface area contributed by atoms with E-state index in [1.807, 2.05) is 36.4 Å². The van der Waals surface area contributed by atoms with Crippen molar-refractivity contribution in [3.05, 3.63) is 42.0 Å². The highest BCUT2D eigenvalue weighted by molar-refractivity contribution is 7.91. The number of hydrogen-bond donors (Lipinski definition) is 1. The molecule has 4 nitrogen and oxygen atoms in total. The normalized spacial score (nSPS) is 22.3. The van der Waals surface area contributed by atoms with Gasteiger partial charge in [-0.05, 0) is 46.9 Å². The van der Waals surface area contributed by atoms with Crippen LogP contribution < -0.4 is 10.5 Å². The van der Waals surface area contributed by atoms with Crippen LogP contribution in [0.3, 0.4) is 0 Å². The third kappa shape index (κ3) is 2.89. The van der Waals surface area contributed by atoms with Crippen molar-refractivity contribution >= 4 is 20.6 Å². The molecule has 0 saturated carbocycles. The molecule has 0 amide bonds. The second kappa shape index (κ2) is 5.31. The molecular formula is C16H19NO3S. The smallest absolute Gasteiger partial charge is 0.150 e. The zero-order valence-electron chi connectivity index (χ0n) is 12.0. The van der Waals surface area contributed by atoms with Crippen LogP contribution in [0.4, 0.5) is 0 Å². The maximum Gasteiger partial charge on any atom is 0.150 e. The number of benzene rings is 2. The topological polar surface area (TPSA) is 69.4 Å². The molecule has 2 aromatic carbocycles. The highest BCUT2D eigenvalue weighted by Crippen LogP contribution is 2.31. The van der Waals surface area contributed by atoms with E-state index in [1.165, 1.54) is 0 Å². The maximum absolute atomic E-state index is 11.6. The first-order chi connectivity index (χ1) is 9.98. The van der Waals surface area contributed by atoms with Crippen LogP contribution in [0.2, 0.25) is 0 Å². The molecule has 2 aromatic rings. The average molecular weight is 305 g/mol. The molecule has 2 atom stereocenters. The molecule has 2 unspecified atom stereocenters. The standard InChI is InChI=1S/C16H19NO3S/c1-20-15-5-4-11-8-13(3-2-12(11)9-15)16(17)14-6-7-21(18,19)10-14/h2-5,8-9,14,16H,6-7,10,17H2,1H3. The van der Waals surface area contributed by atoms with E-state index in [0.29, 0.717) is 6.42 Å². The third-order valence-corrected chi connectivity index (χ3v) is 6.03. The van der Waals surface area contributed by atoms with Crippen LogP contribution in [0, 0.1) is 5.92 Å². The summed E-state index contributed by atoms with van der Waals surface area (Å²) in [5.74, 6) is 1.30. The van der Waals surface area contributed by atoms with Crippen molar-refractivity contribution in [1.82, 2.24) is 0 Å². The molecule has 2 N–H and O–H groups in total. The molecule has 0 radical (unpaired) electrons. The molecular weight excluding hydrogens is 286 g/mol. The van der Waals surface area contributed by atoms with Gasteiger partial charge in [-0.2, -0.15) is 0 Å². The van der Waals surface area contributed by atoms with E-state index in [1.54, 1.807) is 7.11 Å². The fourth-order valence-corrected chi connectivity index (χ4v) is 4.81. The molecule has 0 bridgehead atoms. The summed E-state index contributed by atoms with van der Waals surface area (Å²) < 4.78 is 28.4. The van der Waals surface area contributed by atoms with Crippen LogP contribution >= 0.6 is 0 Å². The molecule has 3 rings (SSSR count). The Labute approximate surface area is 124 Å². The van der Waals surface area contributed by atoms with Crippen LogP contribution in [0.15, 0.2) is 36.4 Å². The van der Waals surface area contributed by atoms with Gasteiger partial charge in [0.1, 0.15) is 5.75 Å². The van der Waals surface area contributed by atoms with E-state index in [2.05, 4.69) is 0 Å². The van der Waals surface area contributed by atoms with Gasteiger partial charge in [0, 0.05) is 6.04 Å². The first-order valence-electron chi connectivity index (χ1n) is 7.02. The van der Waals surface area contributed by atoms with Crippen molar-refractivity contribution in [2.24, 2.45) is 11.7 Å². The Balaban J connectivity index is 1.90. The van der Waals surface area contributed by atoms with Gasteiger partial charge in [0.2, 0.25) is 0 Å². The fraction of sp³-hybridized carbons (Fsp3) is 0.375. The zero-order chi connectivity index (χ0) is 15.0. The Morgan fingerprint density at radius 1 is 1.19 bits per heavy atom. The number of ether oxygens (including phenoxy) is 1. The van der Waals surface area contributed by atoms with Crippen LogP contribution in [0.1, 0.15) is 18.0 Å². The van der Waals surface area contributed by atoms with Gasteiger partial charge >= 0.3 is 0 Å². The van der Waals surface area contributed by atoms with Gasteiger partial charge in [0.25, 0.3) is 0 Å². The summed E-state index contributed by atoms with van der Waals surface area (Å²) >= 11 is 0. The minimum absolute atomic E-state index is 0.0192. The van der Waals surface area contributed by atoms with E-state index < -0.39 is 9.84 Å². The monoisotopic (exact) mass is 305 g/mol. The highest BCUT2D eigenvalue weighted by Gasteiger charge is 2.32. The van der Waals surface area contributed by atoms with E-state index >= 15 is 0 Å². The molecule has 1 heterocycles. The minimum Gasteiger partial charge on any atom is -0.497 e. The number of methoxy groups -OCH3 is 1. The van der Waals surface area contributed by atoms with Gasteiger partial charge in [-0.1, -0.05) is 18.2 Å². The summed E-state index contributed by atoms with van der Waals surface area (Å²) in [6.07, 6.45) is 0.657. The Bertz CT molecular complexity index is 770. The third-order valence-electron chi connectivity index (χ3n) is 4.23. The maximum atomic E-state index is 11.6. The first kappa shape index (κ1) is 14.4.